The van der Waals surface area contributed by atoms with Crippen LogP contribution in [-0.4, -0.2) is 62.8 Å². The highest BCUT2D eigenvalue weighted by atomic mass is 19.1. The minimum absolute atomic E-state index is 0.141. The topological polar surface area (TPSA) is 103 Å². The molecule has 0 bridgehead atoms. The van der Waals surface area contributed by atoms with E-state index in [0.29, 0.717) is 24.3 Å². The second-order valence-corrected chi connectivity index (χ2v) is 8.97. The van der Waals surface area contributed by atoms with Gasteiger partial charge in [0.05, 0.1) is 17.8 Å². The molecule has 2 saturated heterocycles. The lowest BCUT2D eigenvalue weighted by molar-refractivity contribution is -0.137. The zero-order chi connectivity index (χ0) is 23.3. The third-order valence-electron chi connectivity index (χ3n) is 6.78. The Hall–Kier alpha value is -3.17. The molecule has 4 heterocycles. The molecule has 1 unspecified atom stereocenters. The number of fused-ring (bicyclic) bond motifs is 1. The number of amides is 3. The van der Waals surface area contributed by atoms with E-state index in [-0.39, 0.29) is 36.0 Å². The molecule has 2 aromatic rings. The SMILES string of the molecule is C[C@@H]1c2c(ccc(-c3cc(CN4CC[C@H](O)C4)ccn3)c2F)C(=O)N1C1CCC(=O)NC1=O. The second kappa shape index (κ2) is 8.31. The summed E-state index contributed by atoms with van der Waals surface area (Å²) < 4.78 is 15.8. The highest BCUT2D eigenvalue weighted by Crippen LogP contribution is 2.40. The number of aliphatic hydroxyl groups excluding tert-OH is 1. The molecule has 2 N–H and O–H groups in total. The lowest BCUT2D eigenvalue weighted by atomic mass is 9.98. The molecule has 3 atom stereocenters. The zero-order valence-electron chi connectivity index (χ0n) is 18.3. The van der Waals surface area contributed by atoms with Gasteiger partial charge in [-0.1, -0.05) is 0 Å². The zero-order valence-corrected chi connectivity index (χ0v) is 18.3. The van der Waals surface area contributed by atoms with Crippen LogP contribution in [0.25, 0.3) is 11.3 Å². The Labute approximate surface area is 190 Å². The number of hydrogen-bond acceptors (Lipinski definition) is 6. The van der Waals surface area contributed by atoms with Crippen molar-refractivity contribution >= 4 is 17.7 Å². The maximum absolute atomic E-state index is 15.8. The Bertz CT molecular complexity index is 1150. The van der Waals surface area contributed by atoms with Crippen LogP contribution in [0.5, 0.6) is 0 Å². The first-order chi connectivity index (χ1) is 15.8. The fourth-order valence-electron chi connectivity index (χ4n) is 5.13. The maximum atomic E-state index is 15.8. The number of aromatic nitrogens is 1. The van der Waals surface area contributed by atoms with Crippen molar-refractivity contribution in [3.05, 3.63) is 53.0 Å². The molecule has 3 amide bonds. The molecule has 0 spiro atoms. The minimum Gasteiger partial charge on any atom is -0.392 e. The summed E-state index contributed by atoms with van der Waals surface area (Å²) in [6.45, 7) is 3.75. The Morgan fingerprint density at radius 3 is 2.70 bits per heavy atom. The quantitative estimate of drug-likeness (QED) is 0.686. The van der Waals surface area contributed by atoms with Gasteiger partial charge in [-0.25, -0.2) is 4.39 Å². The molecule has 0 aliphatic carbocycles. The molecule has 172 valence electrons. The van der Waals surface area contributed by atoms with Crippen LogP contribution < -0.4 is 5.32 Å². The summed E-state index contributed by atoms with van der Waals surface area (Å²) in [6, 6.07) is 5.39. The first-order valence-corrected chi connectivity index (χ1v) is 11.2. The van der Waals surface area contributed by atoms with Crippen molar-refractivity contribution in [2.75, 3.05) is 13.1 Å². The van der Waals surface area contributed by atoms with E-state index in [9.17, 15) is 19.5 Å². The van der Waals surface area contributed by atoms with Crippen LogP contribution in [0.15, 0.2) is 30.5 Å². The number of nitrogens with one attached hydrogen (secondary N) is 1. The molecule has 1 aromatic carbocycles. The van der Waals surface area contributed by atoms with Gasteiger partial charge in [-0.05, 0) is 49.6 Å². The molecule has 9 heteroatoms. The normalized spacial score (nSPS) is 25.5. The summed E-state index contributed by atoms with van der Waals surface area (Å²) in [5, 5.41) is 12.0. The number of pyridine rings is 1. The number of imide groups is 1. The van der Waals surface area contributed by atoms with Crippen LogP contribution in [0, 0.1) is 5.82 Å². The van der Waals surface area contributed by atoms with Crippen LogP contribution in [0.3, 0.4) is 0 Å². The van der Waals surface area contributed by atoms with Crippen LogP contribution in [-0.2, 0) is 16.1 Å². The Morgan fingerprint density at radius 1 is 1.18 bits per heavy atom. The van der Waals surface area contributed by atoms with Gasteiger partial charge in [0.15, 0.2) is 0 Å². The van der Waals surface area contributed by atoms with Crippen molar-refractivity contribution in [3.63, 3.8) is 0 Å². The van der Waals surface area contributed by atoms with Crippen molar-refractivity contribution in [1.29, 1.82) is 0 Å². The van der Waals surface area contributed by atoms with Crippen LogP contribution in [0.1, 0.15) is 53.7 Å². The smallest absolute Gasteiger partial charge is 0.255 e. The van der Waals surface area contributed by atoms with Crippen molar-refractivity contribution in [3.8, 4) is 11.3 Å². The van der Waals surface area contributed by atoms with Gasteiger partial charge >= 0.3 is 0 Å². The molecule has 0 saturated carbocycles. The molecule has 8 nitrogen and oxygen atoms in total. The lowest BCUT2D eigenvalue weighted by Crippen LogP contribution is -2.53. The van der Waals surface area contributed by atoms with E-state index >= 15 is 4.39 Å². The summed E-state index contributed by atoms with van der Waals surface area (Å²) >= 11 is 0. The molecule has 3 aliphatic heterocycles. The van der Waals surface area contributed by atoms with Gasteiger partial charge in [-0.2, -0.15) is 0 Å². The highest BCUT2D eigenvalue weighted by Gasteiger charge is 2.44. The average Bonchev–Trinajstić information content (AvgIpc) is 3.29. The summed E-state index contributed by atoms with van der Waals surface area (Å²) in [5.41, 5.74) is 2.20. The van der Waals surface area contributed by atoms with Gasteiger partial charge < -0.3 is 10.0 Å². The van der Waals surface area contributed by atoms with E-state index in [1.807, 2.05) is 12.1 Å². The number of hydrogen-bond donors (Lipinski definition) is 2. The number of nitrogens with zero attached hydrogens (tertiary/aromatic N) is 3. The molecule has 0 radical (unpaired) electrons. The monoisotopic (exact) mass is 452 g/mol. The Kier molecular flexibility index (Phi) is 5.46. The summed E-state index contributed by atoms with van der Waals surface area (Å²) in [4.78, 5) is 44.8. The summed E-state index contributed by atoms with van der Waals surface area (Å²) in [6.07, 6.45) is 2.42. The number of halogens is 1. The van der Waals surface area contributed by atoms with E-state index in [2.05, 4.69) is 15.2 Å². The molecular formula is C24H25FN4O4. The first kappa shape index (κ1) is 21.7. The van der Waals surface area contributed by atoms with Gasteiger partial charge in [0, 0.05) is 48.9 Å². The second-order valence-electron chi connectivity index (χ2n) is 8.97. The van der Waals surface area contributed by atoms with Crippen LogP contribution in [0.4, 0.5) is 4.39 Å². The number of β-amino-alcohol motifs (C(OH)–C–C–N with tert-alkyl or cyclic N) is 1. The van der Waals surface area contributed by atoms with Crippen LogP contribution >= 0.6 is 0 Å². The lowest BCUT2D eigenvalue weighted by Gasteiger charge is -2.32. The predicted molar refractivity (Wildman–Crippen MR) is 116 cm³/mol. The van der Waals surface area contributed by atoms with Crippen LogP contribution in [0.2, 0.25) is 0 Å². The van der Waals surface area contributed by atoms with Crippen molar-refractivity contribution in [2.45, 2.75) is 50.9 Å². The fourth-order valence-corrected chi connectivity index (χ4v) is 5.13. The van der Waals surface area contributed by atoms with Crippen molar-refractivity contribution in [2.24, 2.45) is 0 Å². The third-order valence-corrected chi connectivity index (χ3v) is 6.78. The van der Waals surface area contributed by atoms with Gasteiger partial charge in [0.1, 0.15) is 11.9 Å². The predicted octanol–water partition coefficient (Wildman–Crippen LogP) is 1.78. The average molecular weight is 452 g/mol. The number of carbonyl (C=O) groups excluding carboxylic acids is 3. The minimum atomic E-state index is -0.808. The molecule has 33 heavy (non-hydrogen) atoms. The number of aliphatic hydroxyl groups is 1. The third kappa shape index (κ3) is 3.81. The Morgan fingerprint density at radius 2 is 1.97 bits per heavy atom. The molecule has 2 fully saturated rings. The first-order valence-electron chi connectivity index (χ1n) is 11.2. The largest absolute Gasteiger partial charge is 0.392 e. The maximum Gasteiger partial charge on any atom is 0.255 e. The molecule has 1 aromatic heterocycles. The van der Waals surface area contributed by atoms with Gasteiger partial charge in [0.25, 0.3) is 5.91 Å². The van der Waals surface area contributed by atoms with Crippen molar-refractivity contribution in [1.82, 2.24) is 20.1 Å². The van der Waals surface area contributed by atoms with E-state index in [0.717, 1.165) is 18.5 Å². The molecular weight excluding hydrogens is 427 g/mol. The van der Waals surface area contributed by atoms with Crippen molar-refractivity contribution < 1.29 is 23.9 Å². The fraction of sp³-hybridized carbons (Fsp3) is 0.417. The number of likely N-dealkylation sites (tertiary alicyclic amines) is 1. The number of benzene rings is 1. The van der Waals surface area contributed by atoms with Gasteiger partial charge in [-0.15, -0.1) is 0 Å². The summed E-state index contributed by atoms with van der Waals surface area (Å²) in [7, 11) is 0. The molecule has 5 rings (SSSR count). The standard InChI is InChI=1S/C24H25FN4O4/c1-13-21-17(24(33)29(13)19-4-5-20(31)27-23(19)32)3-2-16(22(21)25)18-10-14(6-8-26-18)11-28-9-7-15(30)12-28/h2-3,6,8,10,13,15,19,30H,4-5,7,9,11-12H2,1H3,(H,27,31,32)/t13-,15+,19?/m1/s1. The van der Waals surface area contributed by atoms with Gasteiger partial charge in [-0.3, -0.25) is 29.6 Å². The van der Waals surface area contributed by atoms with E-state index in [4.69, 9.17) is 0 Å². The highest BCUT2D eigenvalue weighted by molar-refractivity contribution is 6.06. The Balaban J connectivity index is 1.44. The van der Waals surface area contributed by atoms with Gasteiger partial charge in [0.2, 0.25) is 11.8 Å². The van der Waals surface area contributed by atoms with E-state index < -0.39 is 29.7 Å². The summed E-state index contributed by atoms with van der Waals surface area (Å²) in [5.74, 6) is -1.83. The molecule has 3 aliphatic rings. The number of piperidine rings is 1. The van der Waals surface area contributed by atoms with E-state index in [1.54, 1.807) is 25.3 Å². The number of carbonyl (C=O) groups is 3. The van der Waals surface area contributed by atoms with E-state index in [1.165, 1.54) is 4.90 Å². The number of rotatable bonds is 4.